The number of nitriles is 1. The van der Waals surface area contributed by atoms with E-state index in [0.717, 1.165) is 30.4 Å². The first-order chi connectivity index (χ1) is 17.0. The van der Waals surface area contributed by atoms with E-state index in [9.17, 15) is 15.0 Å². The molecule has 1 unspecified atom stereocenters. The van der Waals surface area contributed by atoms with Gasteiger partial charge < -0.3 is 25.3 Å². The van der Waals surface area contributed by atoms with Crippen LogP contribution < -0.4 is 5.32 Å². The summed E-state index contributed by atoms with van der Waals surface area (Å²) in [5, 5.41) is 32.3. The smallest absolute Gasteiger partial charge is 0.291 e. The molecule has 0 bridgehead atoms. The van der Waals surface area contributed by atoms with E-state index in [0.29, 0.717) is 24.2 Å². The highest BCUT2D eigenvalue weighted by Crippen LogP contribution is 2.47. The molecule has 0 radical (unpaired) electrons. The number of hydrogen-bond donors (Lipinski definition) is 4. The first-order valence-electron chi connectivity index (χ1n) is 12.4. The topological polar surface area (TPSA) is 144 Å². The number of hydrogen-bond acceptors (Lipinski definition) is 7. The molecule has 1 amide bonds. The summed E-state index contributed by atoms with van der Waals surface area (Å²) in [5.41, 5.74) is 1.97. The van der Waals surface area contributed by atoms with Gasteiger partial charge in [0.15, 0.2) is 5.82 Å². The maximum absolute atomic E-state index is 13.2. The van der Waals surface area contributed by atoms with Crippen molar-refractivity contribution in [3.8, 4) is 6.07 Å². The van der Waals surface area contributed by atoms with Gasteiger partial charge in [0.05, 0.1) is 42.0 Å². The molecule has 1 fully saturated rings. The molecule has 192 valence electrons. The Kier molecular flexibility index (Phi) is 7.06. The highest BCUT2D eigenvalue weighted by Gasteiger charge is 2.45. The minimum Gasteiger partial charge on any atom is -0.393 e. The predicted molar refractivity (Wildman–Crippen MR) is 135 cm³/mol. The minimum atomic E-state index is -0.845. The summed E-state index contributed by atoms with van der Waals surface area (Å²) >= 11 is 0. The van der Waals surface area contributed by atoms with Gasteiger partial charge >= 0.3 is 0 Å². The van der Waals surface area contributed by atoms with Gasteiger partial charge in [-0.25, -0.2) is 4.98 Å². The zero-order valence-electron chi connectivity index (χ0n) is 21.4. The van der Waals surface area contributed by atoms with Gasteiger partial charge in [-0.2, -0.15) is 5.26 Å². The lowest BCUT2D eigenvalue weighted by Crippen LogP contribution is -2.51. The van der Waals surface area contributed by atoms with Crippen LogP contribution in [0.2, 0.25) is 0 Å². The lowest BCUT2D eigenvalue weighted by Gasteiger charge is -2.47. The van der Waals surface area contributed by atoms with Crippen LogP contribution in [0.1, 0.15) is 93.3 Å². The first-order valence-corrected chi connectivity index (χ1v) is 12.4. The Morgan fingerprint density at radius 2 is 1.92 bits per heavy atom. The van der Waals surface area contributed by atoms with Gasteiger partial charge in [-0.15, -0.1) is 0 Å². The van der Waals surface area contributed by atoms with Crippen molar-refractivity contribution in [3.63, 3.8) is 0 Å². The average Bonchev–Trinajstić information content (AvgIpc) is 3.33. The van der Waals surface area contributed by atoms with E-state index in [-0.39, 0.29) is 36.1 Å². The molecular weight excluding hydrogens is 458 g/mol. The molecule has 3 atom stereocenters. The molecule has 2 aliphatic rings. The lowest BCUT2D eigenvalue weighted by atomic mass is 9.75. The number of aromatic amines is 1. The number of imidazole rings is 1. The van der Waals surface area contributed by atoms with Crippen molar-refractivity contribution in [2.75, 3.05) is 18.5 Å². The quantitative estimate of drug-likeness (QED) is 0.477. The number of ether oxygens (including phenoxy) is 1. The van der Waals surface area contributed by atoms with Crippen LogP contribution >= 0.6 is 0 Å². The number of rotatable bonds is 6. The molecule has 4 rings (SSSR count). The number of nitrogens with zero attached hydrogens (tertiary/aromatic N) is 3. The van der Waals surface area contributed by atoms with E-state index >= 15 is 0 Å². The number of aromatic nitrogens is 3. The number of allylic oxidation sites excluding steroid dienone is 2. The van der Waals surface area contributed by atoms with E-state index < -0.39 is 17.1 Å². The summed E-state index contributed by atoms with van der Waals surface area (Å²) in [6.45, 7) is 7.77. The van der Waals surface area contributed by atoms with Gasteiger partial charge in [-0.1, -0.05) is 19.9 Å². The third kappa shape index (κ3) is 5.36. The van der Waals surface area contributed by atoms with Gasteiger partial charge in [0.25, 0.3) is 5.91 Å². The fourth-order valence-electron chi connectivity index (χ4n) is 5.36. The molecule has 0 aromatic carbocycles. The monoisotopic (exact) mass is 493 g/mol. The molecule has 36 heavy (non-hydrogen) atoms. The summed E-state index contributed by atoms with van der Waals surface area (Å²) in [6, 6.07) is 3.84. The van der Waals surface area contributed by atoms with Crippen molar-refractivity contribution >= 4 is 17.2 Å². The highest BCUT2D eigenvalue weighted by atomic mass is 16.5. The number of anilines is 1. The molecule has 9 heteroatoms. The number of carbonyl (C=O) groups excluding carboxylic acids is 1. The summed E-state index contributed by atoms with van der Waals surface area (Å²) < 4.78 is 6.13. The third-order valence-corrected chi connectivity index (χ3v) is 7.37. The van der Waals surface area contributed by atoms with E-state index in [2.05, 4.69) is 35.2 Å². The molecule has 9 nitrogen and oxygen atoms in total. The number of carbonyl (C=O) groups is 1. The van der Waals surface area contributed by atoms with Crippen LogP contribution in [0.15, 0.2) is 24.5 Å². The third-order valence-electron chi connectivity index (χ3n) is 7.37. The van der Waals surface area contributed by atoms with Crippen molar-refractivity contribution < 1.29 is 19.7 Å². The number of aliphatic hydroxyl groups is 2. The van der Waals surface area contributed by atoms with Crippen molar-refractivity contribution in [2.45, 2.75) is 76.9 Å². The first kappa shape index (κ1) is 26.0. The number of H-pyrrole nitrogens is 1. The zero-order chi connectivity index (χ0) is 26.1. The number of aliphatic hydroxyl groups excluding tert-OH is 2. The Hall–Kier alpha value is -3.06. The molecule has 0 spiro atoms. The summed E-state index contributed by atoms with van der Waals surface area (Å²) in [7, 11) is 0. The van der Waals surface area contributed by atoms with E-state index in [1.165, 1.54) is 6.20 Å². The average molecular weight is 494 g/mol. The summed E-state index contributed by atoms with van der Waals surface area (Å²) in [4.78, 5) is 24.7. The maximum atomic E-state index is 13.2. The van der Waals surface area contributed by atoms with Gasteiger partial charge in [0, 0.05) is 6.20 Å². The van der Waals surface area contributed by atoms with Crippen molar-refractivity contribution in [3.05, 3.63) is 47.3 Å². The van der Waals surface area contributed by atoms with E-state index in [4.69, 9.17) is 15.0 Å². The van der Waals surface area contributed by atoms with Gasteiger partial charge in [0.1, 0.15) is 11.8 Å². The Labute approximate surface area is 211 Å². The highest BCUT2D eigenvalue weighted by molar-refractivity contribution is 6.03. The molecule has 1 aliphatic carbocycles. The Morgan fingerprint density at radius 3 is 2.47 bits per heavy atom. The summed E-state index contributed by atoms with van der Waals surface area (Å²) in [6.07, 6.45) is 9.05. The van der Waals surface area contributed by atoms with Gasteiger partial charge in [-0.05, 0) is 74.5 Å². The van der Waals surface area contributed by atoms with Crippen molar-refractivity contribution in [2.24, 2.45) is 5.41 Å². The van der Waals surface area contributed by atoms with E-state index in [1.54, 1.807) is 6.20 Å². The molecule has 2 aromatic heterocycles. The number of nitrogens with one attached hydrogen (secondary N) is 2. The van der Waals surface area contributed by atoms with Gasteiger partial charge in [0.2, 0.25) is 0 Å². The second kappa shape index (κ2) is 9.77. The standard InChI is InChI=1S/C27H35N5O4/c1-25(2)8-5-17(6-9-25)21-22(32-24(35)23-30-14-19(13-28)31-23)20(7-10-29-21)18-11-26(3,15-33)36-27(4,12-18)16-34/h5,7,10,14,18,33-34H,6,8-9,11-12,15-16H2,1-4H3,(H,30,31)(H,32,35)/t18?,26-,27+. The molecule has 1 aliphatic heterocycles. The normalized spacial score (nSPS) is 27.7. The zero-order valence-corrected chi connectivity index (χ0v) is 21.4. The second-order valence-electron chi connectivity index (χ2n) is 11.4. The lowest BCUT2D eigenvalue weighted by molar-refractivity contribution is -0.208. The summed E-state index contributed by atoms with van der Waals surface area (Å²) in [5.74, 6) is -0.541. The molecule has 1 saturated heterocycles. The van der Waals surface area contributed by atoms with Crippen LogP contribution in [0, 0.1) is 16.7 Å². The van der Waals surface area contributed by atoms with Crippen LogP contribution in [0.4, 0.5) is 5.69 Å². The van der Waals surface area contributed by atoms with Gasteiger partial charge in [-0.3, -0.25) is 9.78 Å². The maximum Gasteiger partial charge on any atom is 0.291 e. The number of amides is 1. The van der Waals surface area contributed by atoms with Crippen LogP contribution in [-0.4, -0.2) is 55.5 Å². The van der Waals surface area contributed by atoms with Crippen LogP contribution in [0.3, 0.4) is 0 Å². The largest absolute Gasteiger partial charge is 0.393 e. The Bertz CT molecular complexity index is 1190. The van der Waals surface area contributed by atoms with Crippen LogP contribution in [0.5, 0.6) is 0 Å². The number of pyridine rings is 1. The molecule has 3 heterocycles. The van der Waals surface area contributed by atoms with Crippen molar-refractivity contribution in [1.82, 2.24) is 15.0 Å². The second-order valence-corrected chi connectivity index (χ2v) is 11.4. The molecule has 2 aromatic rings. The van der Waals surface area contributed by atoms with Crippen molar-refractivity contribution in [1.29, 1.82) is 5.26 Å². The molecule has 0 saturated carbocycles. The minimum absolute atomic E-state index is 0.0402. The predicted octanol–water partition coefficient (Wildman–Crippen LogP) is 3.92. The van der Waals surface area contributed by atoms with Crippen LogP contribution in [0.25, 0.3) is 5.57 Å². The van der Waals surface area contributed by atoms with E-state index in [1.807, 2.05) is 26.0 Å². The fourth-order valence-corrected chi connectivity index (χ4v) is 5.36. The Morgan fingerprint density at radius 1 is 1.22 bits per heavy atom. The SMILES string of the molecule is CC1(C)CC=C(c2nccc(C3C[C@](C)(CO)O[C@](C)(CO)C3)c2NC(=O)c2ncc(C#N)[nH]2)CC1. The Balaban J connectivity index is 1.79. The molecule has 4 N–H and O–H groups in total. The molecular formula is C27H35N5O4. The van der Waals surface area contributed by atoms with Crippen LogP contribution in [-0.2, 0) is 4.74 Å². The fraction of sp³-hybridized carbons (Fsp3) is 0.556.